The van der Waals surface area contributed by atoms with Gasteiger partial charge in [0, 0.05) is 62.1 Å². The summed E-state index contributed by atoms with van der Waals surface area (Å²) in [5, 5.41) is 3.63. The summed E-state index contributed by atoms with van der Waals surface area (Å²) in [4.78, 5) is 23.9. The van der Waals surface area contributed by atoms with Crippen LogP contribution in [0.4, 0.5) is 21.9 Å². The summed E-state index contributed by atoms with van der Waals surface area (Å²) in [6.45, 7) is 6.96. The molecule has 5 rings (SSSR count). The molecular weight excluding hydrogens is 434 g/mol. The van der Waals surface area contributed by atoms with Gasteiger partial charge in [-0.3, -0.25) is 9.88 Å². The van der Waals surface area contributed by atoms with E-state index in [2.05, 4.69) is 46.2 Å². The number of aromatic nitrogens is 1. The van der Waals surface area contributed by atoms with Gasteiger partial charge in [-0.1, -0.05) is 23.7 Å². The van der Waals surface area contributed by atoms with Gasteiger partial charge in [0.25, 0.3) is 0 Å². The Kier molecular flexibility index (Phi) is 5.96. The summed E-state index contributed by atoms with van der Waals surface area (Å²) >= 11 is 6.53. The molecule has 1 aromatic heterocycles. The highest BCUT2D eigenvalue weighted by molar-refractivity contribution is 6.33. The SMILES string of the molecule is Cc1cc2c(cc1N1CCN(C)CC1)N(C(=O)Nc1ccc(-c3ccncc3)c(Cl)c1)CC2. The Morgan fingerprint density at radius 2 is 1.73 bits per heavy atom. The van der Waals surface area contributed by atoms with Crippen LogP contribution in [0.5, 0.6) is 0 Å². The lowest BCUT2D eigenvalue weighted by atomic mass is 10.1. The first-order valence-corrected chi connectivity index (χ1v) is 11.7. The van der Waals surface area contributed by atoms with Crippen LogP contribution in [-0.2, 0) is 6.42 Å². The zero-order valence-corrected chi connectivity index (χ0v) is 19.8. The van der Waals surface area contributed by atoms with Crippen LogP contribution < -0.4 is 15.1 Å². The van der Waals surface area contributed by atoms with Crippen LogP contribution >= 0.6 is 11.6 Å². The molecule has 0 saturated carbocycles. The Balaban J connectivity index is 1.35. The maximum atomic E-state index is 13.2. The zero-order chi connectivity index (χ0) is 22.9. The quantitative estimate of drug-likeness (QED) is 0.592. The maximum Gasteiger partial charge on any atom is 0.326 e. The minimum absolute atomic E-state index is 0.130. The molecule has 170 valence electrons. The van der Waals surface area contributed by atoms with Crippen LogP contribution in [-0.4, -0.2) is 55.7 Å². The fourth-order valence-corrected chi connectivity index (χ4v) is 4.99. The smallest absolute Gasteiger partial charge is 0.326 e. The number of benzene rings is 2. The van der Waals surface area contributed by atoms with Crippen molar-refractivity contribution in [2.45, 2.75) is 13.3 Å². The third kappa shape index (κ3) is 4.41. The monoisotopic (exact) mass is 461 g/mol. The number of urea groups is 1. The molecule has 1 fully saturated rings. The van der Waals surface area contributed by atoms with Crippen LogP contribution in [0, 0.1) is 6.92 Å². The highest BCUT2D eigenvalue weighted by atomic mass is 35.5. The van der Waals surface area contributed by atoms with E-state index in [0.717, 1.165) is 49.4 Å². The van der Waals surface area contributed by atoms with Gasteiger partial charge in [0.15, 0.2) is 0 Å². The number of carbonyl (C=O) groups excluding carboxylic acids is 1. The molecule has 3 aromatic rings. The number of nitrogens with zero attached hydrogens (tertiary/aromatic N) is 4. The van der Waals surface area contributed by atoms with Crippen molar-refractivity contribution in [3.8, 4) is 11.1 Å². The fraction of sp³-hybridized carbons (Fsp3) is 0.308. The molecule has 0 aliphatic carbocycles. The number of hydrogen-bond donors (Lipinski definition) is 1. The summed E-state index contributed by atoms with van der Waals surface area (Å²) in [6.07, 6.45) is 4.35. The van der Waals surface area contributed by atoms with Crippen molar-refractivity contribution in [2.24, 2.45) is 0 Å². The van der Waals surface area contributed by atoms with Crippen LogP contribution in [0.25, 0.3) is 11.1 Å². The third-order valence-corrected chi connectivity index (χ3v) is 6.91. The Labute approximate surface area is 199 Å². The van der Waals surface area contributed by atoms with Gasteiger partial charge in [-0.25, -0.2) is 4.79 Å². The first-order chi connectivity index (χ1) is 16.0. The van der Waals surface area contributed by atoms with Crippen molar-refractivity contribution in [1.82, 2.24) is 9.88 Å². The molecule has 2 aromatic carbocycles. The van der Waals surface area contributed by atoms with E-state index in [4.69, 9.17) is 11.6 Å². The Bertz CT molecular complexity index is 1170. The van der Waals surface area contributed by atoms with Crippen molar-refractivity contribution in [3.63, 3.8) is 0 Å². The summed E-state index contributed by atoms with van der Waals surface area (Å²) in [5.74, 6) is 0. The van der Waals surface area contributed by atoms with Crippen LogP contribution in [0.3, 0.4) is 0 Å². The van der Waals surface area contributed by atoms with Crippen molar-refractivity contribution >= 4 is 34.7 Å². The summed E-state index contributed by atoms with van der Waals surface area (Å²) in [6, 6.07) is 13.8. The van der Waals surface area contributed by atoms with E-state index < -0.39 is 0 Å². The van der Waals surface area contributed by atoms with E-state index in [1.165, 1.54) is 16.8 Å². The average Bonchev–Trinajstić information content (AvgIpc) is 3.22. The predicted molar refractivity (Wildman–Crippen MR) is 136 cm³/mol. The molecule has 7 heteroatoms. The zero-order valence-electron chi connectivity index (χ0n) is 19.0. The highest BCUT2D eigenvalue weighted by Gasteiger charge is 2.27. The number of aryl methyl sites for hydroxylation is 1. The van der Waals surface area contributed by atoms with Gasteiger partial charge >= 0.3 is 6.03 Å². The van der Waals surface area contributed by atoms with E-state index in [0.29, 0.717) is 17.3 Å². The van der Waals surface area contributed by atoms with Crippen LogP contribution in [0.2, 0.25) is 5.02 Å². The van der Waals surface area contributed by atoms with Gasteiger partial charge < -0.3 is 15.1 Å². The Hall–Kier alpha value is -3.09. The molecule has 1 N–H and O–H groups in total. The lowest BCUT2D eigenvalue weighted by Gasteiger charge is -2.35. The molecule has 2 aliphatic rings. The van der Waals surface area contributed by atoms with Crippen LogP contribution in [0.15, 0.2) is 54.9 Å². The van der Waals surface area contributed by atoms with Crippen LogP contribution in [0.1, 0.15) is 11.1 Å². The summed E-state index contributed by atoms with van der Waals surface area (Å²) in [7, 11) is 2.16. The number of halogens is 1. The predicted octanol–water partition coefficient (Wildman–Crippen LogP) is 5.06. The van der Waals surface area contributed by atoms with E-state index >= 15 is 0 Å². The number of anilines is 3. The summed E-state index contributed by atoms with van der Waals surface area (Å²) in [5.41, 5.74) is 7.33. The molecule has 0 unspecified atom stereocenters. The standard InChI is InChI=1S/C26H28ClN5O/c1-18-15-20-7-10-32(25(20)17-24(18)31-13-11-30(2)12-14-31)26(33)29-21-3-4-22(23(27)16-21)19-5-8-28-9-6-19/h3-6,8-9,15-17H,7,10-14H2,1-2H3,(H,29,33). The number of likely N-dealkylation sites (N-methyl/N-ethyl adjacent to an activating group) is 1. The van der Waals surface area contributed by atoms with E-state index in [9.17, 15) is 4.79 Å². The van der Waals surface area contributed by atoms with Gasteiger partial charge in [0.1, 0.15) is 0 Å². The largest absolute Gasteiger partial charge is 0.369 e. The molecule has 6 nitrogen and oxygen atoms in total. The molecule has 2 amide bonds. The minimum atomic E-state index is -0.130. The number of pyridine rings is 1. The molecule has 0 atom stereocenters. The second-order valence-corrected chi connectivity index (χ2v) is 9.23. The molecule has 0 radical (unpaired) electrons. The molecule has 2 aliphatic heterocycles. The lowest BCUT2D eigenvalue weighted by Crippen LogP contribution is -2.44. The third-order valence-electron chi connectivity index (χ3n) is 6.59. The summed E-state index contributed by atoms with van der Waals surface area (Å²) < 4.78 is 0. The maximum absolute atomic E-state index is 13.2. The lowest BCUT2D eigenvalue weighted by molar-refractivity contribution is 0.257. The number of piperazine rings is 1. The molecule has 0 spiro atoms. The molecule has 1 saturated heterocycles. The average molecular weight is 462 g/mol. The fourth-order valence-electron chi connectivity index (χ4n) is 4.70. The molecule has 3 heterocycles. The van der Waals surface area contributed by atoms with Gasteiger partial charge in [-0.05, 0) is 67.4 Å². The van der Waals surface area contributed by atoms with Gasteiger partial charge in [0.2, 0.25) is 0 Å². The van der Waals surface area contributed by atoms with Crippen molar-refractivity contribution in [2.75, 3.05) is 54.9 Å². The van der Waals surface area contributed by atoms with Gasteiger partial charge in [0.05, 0.1) is 10.7 Å². The first-order valence-electron chi connectivity index (χ1n) is 11.3. The minimum Gasteiger partial charge on any atom is -0.369 e. The second kappa shape index (κ2) is 9.04. The highest BCUT2D eigenvalue weighted by Crippen LogP contribution is 2.36. The van der Waals surface area contributed by atoms with Crippen molar-refractivity contribution in [1.29, 1.82) is 0 Å². The normalized spacial score (nSPS) is 16.1. The number of nitrogens with one attached hydrogen (secondary N) is 1. The number of carbonyl (C=O) groups is 1. The first kappa shape index (κ1) is 21.7. The molecular formula is C26H28ClN5O. The Morgan fingerprint density at radius 3 is 2.45 bits per heavy atom. The van der Waals surface area contributed by atoms with E-state index in [-0.39, 0.29) is 6.03 Å². The van der Waals surface area contributed by atoms with Crippen molar-refractivity contribution in [3.05, 3.63) is 71.0 Å². The van der Waals surface area contributed by atoms with Gasteiger partial charge in [-0.15, -0.1) is 0 Å². The topological polar surface area (TPSA) is 51.7 Å². The van der Waals surface area contributed by atoms with Crippen molar-refractivity contribution < 1.29 is 4.79 Å². The molecule has 0 bridgehead atoms. The molecule has 33 heavy (non-hydrogen) atoms. The number of hydrogen-bond acceptors (Lipinski definition) is 4. The van der Waals surface area contributed by atoms with Gasteiger partial charge in [-0.2, -0.15) is 0 Å². The Morgan fingerprint density at radius 1 is 0.970 bits per heavy atom. The number of rotatable bonds is 3. The van der Waals surface area contributed by atoms with E-state index in [1.807, 2.05) is 29.2 Å². The number of amides is 2. The second-order valence-electron chi connectivity index (χ2n) is 8.82. The van der Waals surface area contributed by atoms with E-state index in [1.54, 1.807) is 18.5 Å². The number of fused-ring (bicyclic) bond motifs is 1.